The molecule has 2 atom stereocenters. The van der Waals surface area contributed by atoms with Gasteiger partial charge in [0.1, 0.15) is 0 Å². The van der Waals surface area contributed by atoms with Crippen molar-refractivity contribution in [2.24, 2.45) is 0 Å². The van der Waals surface area contributed by atoms with Crippen molar-refractivity contribution in [3.05, 3.63) is 46.4 Å². The van der Waals surface area contributed by atoms with Gasteiger partial charge in [0, 0.05) is 31.1 Å². The first kappa shape index (κ1) is 18.4. The number of thioether (sulfide) groups is 2. The molecule has 25 heavy (non-hydrogen) atoms. The van der Waals surface area contributed by atoms with Crippen molar-refractivity contribution in [2.75, 3.05) is 24.7 Å². The molecule has 0 aliphatic carbocycles. The first-order valence-electron chi connectivity index (χ1n) is 7.93. The van der Waals surface area contributed by atoms with Gasteiger partial charge in [0.25, 0.3) is 0 Å². The average molecular weight is 431 g/mol. The van der Waals surface area contributed by atoms with E-state index in [1.54, 1.807) is 35.3 Å². The smallest absolute Gasteiger partial charge is 0.0903 e. The third kappa shape index (κ3) is 5.48. The van der Waals surface area contributed by atoms with E-state index >= 15 is 0 Å². The fourth-order valence-corrected chi connectivity index (χ4v) is 5.71. The number of hydrogen-bond donors (Lipinski definition) is 0. The van der Waals surface area contributed by atoms with Crippen LogP contribution >= 0.6 is 58.5 Å². The number of rotatable bonds is 8. The van der Waals surface area contributed by atoms with Crippen LogP contribution in [-0.2, 0) is 9.47 Å². The first-order valence-corrected chi connectivity index (χ1v) is 11.5. The number of epoxide rings is 2. The molecule has 2 aromatic rings. The van der Waals surface area contributed by atoms with E-state index in [9.17, 15) is 0 Å². The Kier molecular flexibility index (Phi) is 6.12. The molecule has 132 valence electrons. The molecule has 0 bridgehead atoms. The molecule has 2 nitrogen and oxygen atoms in total. The SMILES string of the molecule is Clc1cc(Sc2ccc(SCC3CO3)c(Cl)c2)ccc1SCC1CO1. The Morgan fingerprint density at radius 2 is 1.24 bits per heavy atom. The van der Waals surface area contributed by atoms with Gasteiger partial charge in [0.05, 0.1) is 35.5 Å². The van der Waals surface area contributed by atoms with Gasteiger partial charge >= 0.3 is 0 Å². The number of benzene rings is 2. The highest BCUT2D eigenvalue weighted by Gasteiger charge is 2.23. The molecule has 2 saturated heterocycles. The molecular formula is C18H16Cl2O2S3. The molecule has 2 aromatic carbocycles. The Morgan fingerprint density at radius 3 is 1.60 bits per heavy atom. The van der Waals surface area contributed by atoms with Crippen molar-refractivity contribution in [2.45, 2.75) is 31.8 Å². The molecule has 4 rings (SSSR count). The number of ether oxygens (including phenoxy) is 2. The molecule has 0 saturated carbocycles. The quantitative estimate of drug-likeness (QED) is 0.370. The third-order valence-corrected chi connectivity index (χ3v) is 7.94. The van der Waals surface area contributed by atoms with Crippen LogP contribution in [-0.4, -0.2) is 36.9 Å². The van der Waals surface area contributed by atoms with Crippen molar-refractivity contribution in [1.82, 2.24) is 0 Å². The third-order valence-electron chi connectivity index (χ3n) is 3.70. The Balaban J connectivity index is 1.38. The maximum atomic E-state index is 6.42. The van der Waals surface area contributed by atoms with Gasteiger partial charge in [0.15, 0.2) is 0 Å². The molecule has 2 heterocycles. The summed E-state index contributed by atoms with van der Waals surface area (Å²) in [6, 6.07) is 12.4. The summed E-state index contributed by atoms with van der Waals surface area (Å²) in [5, 5.41) is 1.58. The van der Waals surface area contributed by atoms with Crippen LogP contribution in [0.3, 0.4) is 0 Å². The van der Waals surface area contributed by atoms with Crippen molar-refractivity contribution >= 4 is 58.5 Å². The van der Waals surface area contributed by atoms with Gasteiger partial charge in [-0.2, -0.15) is 0 Å². The highest BCUT2D eigenvalue weighted by atomic mass is 35.5. The van der Waals surface area contributed by atoms with Gasteiger partial charge in [0.2, 0.25) is 0 Å². The lowest BCUT2D eigenvalue weighted by molar-refractivity contribution is 0.426. The van der Waals surface area contributed by atoms with Crippen molar-refractivity contribution in [1.29, 1.82) is 0 Å². The lowest BCUT2D eigenvalue weighted by Crippen LogP contribution is -1.89. The minimum absolute atomic E-state index is 0.403. The normalized spacial score (nSPS) is 21.4. The second kappa shape index (κ2) is 8.34. The fraction of sp³-hybridized carbons (Fsp3) is 0.333. The van der Waals surface area contributed by atoms with E-state index < -0.39 is 0 Å². The summed E-state index contributed by atoms with van der Waals surface area (Å²) in [6.45, 7) is 1.75. The van der Waals surface area contributed by atoms with Crippen molar-refractivity contribution in [3.8, 4) is 0 Å². The van der Waals surface area contributed by atoms with Crippen LogP contribution in [0.5, 0.6) is 0 Å². The molecule has 7 heteroatoms. The van der Waals surface area contributed by atoms with E-state index in [2.05, 4.69) is 24.3 Å². The van der Waals surface area contributed by atoms with Crippen LogP contribution in [0.4, 0.5) is 0 Å². The van der Waals surface area contributed by atoms with Crippen molar-refractivity contribution in [3.63, 3.8) is 0 Å². The van der Waals surface area contributed by atoms with E-state index in [0.717, 1.165) is 54.3 Å². The fourth-order valence-electron chi connectivity index (χ4n) is 2.15. The van der Waals surface area contributed by atoms with E-state index in [1.165, 1.54) is 0 Å². The van der Waals surface area contributed by atoms with Gasteiger partial charge in [-0.25, -0.2) is 0 Å². The zero-order valence-corrected chi connectivity index (χ0v) is 17.2. The Labute approximate surface area is 170 Å². The molecule has 0 N–H and O–H groups in total. The van der Waals surface area contributed by atoms with Crippen molar-refractivity contribution < 1.29 is 9.47 Å². The predicted octanol–water partition coefficient (Wildman–Crippen LogP) is 6.13. The Morgan fingerprint density at radius 1 is 0.800 bits per heavy atom. The second-order valence-electron chi connectivity index (χ2n) is 5.82. The van der Waals surface area contributed by atoms with E-state index in [1.807, 2.05) is 12.1 Å². The zero-order chi connectivity index (χ0) is 17.2. The molecule has 2 aliphatic rings. The lowest BCUT2D eigenvalue weighted by Gasteiger charge is -2.08. The van der Waals surface area contributed by atoms with Crippen LogP contribution in [0.15, 0.2) is 56.0 Å². The minimum atomic E-state index is 0.403. The summed E-state index contributed by atoms with van der Waals surface area (Å²) in [4.78, 5) is 4.43. The average Bonchev–Trinajstić information content (AvgIpc) is 3.48. The summed E-state index contributed by atoms with van der Waals surface area (Å²) in [5.41, 5.74) is 0. The first-order chi connectivity index (χ1) is 12.2. The van der Waals surface area contributed by atoms with Gasteiger partial charge in [-0.3, -0.25) is 0 Å². The van der Waals surface area contributed by atoms with Gasteiger partial charge in [-0.1, -0.05) is 35.0 Å². The van der Waals surface area contributed by atoms with E-state index in [4.69, 9.17) is 32.7 Å². The standard InChI is InChI=1S/C18H16Cl2O2S3/c19-15-5-13(1-3-17(15)23-9-11-7-21-11)25-14-2-4-18(16(20)6-14)24-10-12-8-22-12/h1-6,11-12H,7-10H2. The molecule has 0 amide bonds. The zero-order valence-electron chi connectivity index (χ0n) is 13.2. The van der Waals surface area contributed by atoms with E-state index in [0.29, 0.717) is 12.2 Å². The minimum Gasteiger partial charge on any atom is -0.372 e. The number of hydrogen-bond acceptors (Lipinski definition) is 5. The van der Waals surface area contributed by atoms with Gasteiger partial charge in [-0.05, 0) is 36.4 Å². The molecular weight excluding hydrogens is 415 g/mol. The molecule has 0 radical (unpaired) electrons. The summed E-state index contributed by atoms with van der Waals surface area (Å²) in [5.74, 6) is 1.93. The van der Waals surface area contributed by atoms with Gasteiger partial charge in [-0.15, -0.1) is 23.5 Å². The van der Waals surface area contributed by atoms with Crippen LogP contribution in [0, 0.1) is 0 Å². The molecule has 0 aromatic heterocycles. The summed E-state index contributed by atoms with van der Waals surface area (Å²) in [6.07, 6.45) is 0.806. The summed E-state index contributed by atoms with van der Waals surface area (Å²) >= 11 is 18.0. The summed E-state index contributed by atoms with van der Waals surface area (Å²) < 4.78 is 10.5. The Bertz CT molecular complexity index is 700. The number of halogens is 2. The van der Waals surface area contributed by atoms with Crippen LogP contribution in [0.2, 0.25) is 10.0 Å². The van der Waals surface area contributed by atoms with E-state index in [-0.39, 0.29) is 0 Å². The molecule has 0 spiro atoms. The second-order valence-corrected chi connectivity index (χ2v) is 9.90. The van der Waals surface area contributed by atoms with Gasteiger partial charge < -0.3 is 9.47 Å². The highest BCUT2D eigenvalue weighted by molar-refractivity contribution is 8.00. The maximum absolute atomic E-state index is 6.42. The molecule has 2 fully saturated rings. The van der Waals surface area contributed by atoms with Crippen LogP contribution in [0.1, 0.15) is 0 Å². The predicted molar refractivity (Wildman–Crippen MR) is 108 cm³/mol. The maximum Gasteiger partial charge on any atom is 0.0903 e. The Hall–Kier alpha value is -0.0100. The molecule has 2 unspecified atom stereocenters. The van der Waals surface area contributed by atoms with Crippen LogP contribution < -0.4 is 0 Å². The lowest BCUT2D eigenvalue weighted by atomic mass is 10.3. The molecule has 2 aliphatic heterocycles. The largest absolute Gasteiger partial charge is 0.372 e. The van der Waals surface area contributed by atoms with Crippen LogP contribution in [0.25, 0.3) is 0 Å². The highest BCUT2D eigenvalue weighted by Crippen LogP contribution is 2.38. The topological polar surface area (TPSA) is 25.1 Å². The summed E-state index contributed by atoms with van der Waals surface area (Å²) in [7, 11) is 0. The monoisotopic (exact) mass is 430 g/mol.